The van der Waals surface area contributed by atoms with E-state index in [2.05, 4.69) is 16.6 Å². The van der Waals surface area contributed by atoms with Crippen molar-refractivity contribution in [1.82, 2.24) is 4.98 Å². The second-order valence-corrected chi connectivity index (χ2v) is 12.0. The Kier molecular flexibility index (Phi) is 6.64. The molecule has 200 valence electrons. The fourth-order valence-electron chi connectivity index (χ4n) is 4.35. The number of ether oxygens (including phenoxy) is 1. The van der Waals surface area contributed by atoms with Crippen molar-refractivity contribution in [2.75, 3.05) is 5.75 Å². The summed E-state index contributed by atoms with van der Waals surface area (Å²) >= 11 is 2.84. The number of hydrogen-bond acceptors (Lipinski definition) is 9. The number of rotatable bonds is 5. The maximum atomic E-state index is 13.2. The maximum Gasteiger partial charge on any atom is 0.329 e. The van der Waals surface area contributed by atoms with Gasteiger partial charge in [-0.05, 0) is 57.3 Å². The largest absolute Gasteiger partial charge is 0.507 e. The Balaban J connectivity index is 1.45. The quantitative estimate of drug-likeness (QED) is 0.187. The van der Waals surface area contributed by atoms with E-state index < -0.39 is 23.4 Å². The molecule has 1 aliphatic rings. The van der Waals surface area contributed by atoms with Crippen LogP contribution in [0, 0.1) is 19.3 Å². The lowest BCUT2D eigenvalue weighted by Crippen LogP contribution is -2.30. The van der Waals surface area contributed by atoms with Crippen molar-refractivity contribution in [3.63, 3.8) is 0 Å². The predicted molar refractivity (Wildman–Crippen MR) is 155 cm³/mol. The minimum atomic E-state index is -1.12. The van der Waals surface area contributed by atoms with Crippen LogP contribution >= 0.6 is 23.1 Å². The number of phenols is 2. The summed E-state index contributed by atoms with van der Waals surface area (Å²) in [7, 11) is 0. The number of phenolic OH excluding ortho intramolecular Hbond substituents is 2. The molecule has 1 aromatic heterocycles. The number of carbonyl (C=O) groups excluding carboxylic acids is 1. The lowest BCUT2D eigenvalue weighted by atomic mass is 9.90. The molecule has 2 heterocycles. The van der Waals surface area contributed by atoms with Gasteiger partial charge in [0, 0.05) is 32.7 Å². The van der Waals surface area contributed by atoms with E-state index in [-0.39, 0.29) is 11.5 Å². The number of thioether (sulfide) groups is 1. The monoisotopic (exact) mass is 562 g/mol. The first kappa shape index (κ1) is 26.7. The molecule has 1 atom stereocenters. The van der Waals surface area contributed by atoms with Gasteiger partial charge in [0.05, 0.1) is 15.6 Å². The average molecular weight is 563 g/mol. The number of esters is 1. The molecule has 0 saturated heterocycles. The second-order valence-electron chi connectivity index (χ2n) is 10.0. The maximum absolute atomic E-state index is 13.2. The lowest BCUT2D eigenvalue weighted by molar-refractivity contribution is -0.140. The molecule has 10 heteroatoms. The number of aromatic hydroxyl groups is 2. The molecule has 3 aromatic carbocycles. The van der Waals surface area contributed by atoms with E-state index in [0.29, 0.717) is 43.1 Å². The molecule has 39 heavy (non-hydrogen) atoms. The summed E-state index contributed by atoms with van der Waals surface area (Å²) < 4.78 is 6.68. The predicted octanol–water partition coefficient (Wildman–Crippen LogP) is 4.25. The number of aliphatic carboxylic acids is 1. The normalized spacial score (nSPS) is 16.2. The molecule has 0 amide bonds. The molecular weight excluding hydrogens is 536 g/mol. The van der Waals surface area contributed by atoms with Crippen molar-refractivity contribution >= 4 is 73.7 Å². The van der Waals surface area contributed by atoms with Crippen LogP contribution < -0.4 is 15.2 Å². The standard InChI is InChI=1S/C29H26N2O6S2/c1-13-14(2)23(33)19(15(3)22(13)32)11-29(4,5)28(36)37-17-7-8-18-16(10-17)6-9-20-24(18)39-26(30-20)25-31-21(12-38-25)27(34)35/h6-11,21,32-33H,1,12H2,2-5H3,(H,34,35)/b19-11+. The summed E-state index contributed by atoms with van der Waals surface area (Å²) in [4.78, 5) is 33.4. The number of hydrogen-bond donors (Lipinski definition) is 3. The van der Waals surface area contributed by atoms with E-state index in [1.807, 2.05) is 18.2 Å². The van der Waals surface area contributed by atoms with Crippen molar-refractivity contribution in [3.05, 3.63) is 56.9 Å². The first-order chi connectivity index (χ1) is 18.4. The van der Waals surface area contributed by atoms with Crippen LogP contribution in [0.2, 0.25) is 0 Å². The molecule has 4 aromatic rings. The van der Waals surface area contributed by atoms with Gasteiger partial charge in [-0.15, -0.1) is 23.1 Å². The molecule has 0 aliphatic carbocycles. The van der Waals surface area contributed by atoms with Crippen LogP contribution in [0.15, 0.2) is 35.3 Å². The zero-order valence-corrected chi connectivity index (χ0v) is 23.4. The first-order valence-electron chi connectivity index (χ1n) is 12.1. The highest BCUT2D eigenvalue weighted by molar-refractivity contribution is 8.15. The zero-order chi connectivity index (χ0) is 28.2. The van der Waals surface area contributed by atoms with Crippen molar-refractivity contribution in [2.24, 2.45) is 10.4 Å². The molecule has 5 rings (SSSR count). The lowest BCUT2D eigenvalue weighted by Gasteiger charge is -2.19. The van der Waals surface area contributed by atoms with E-state index in [1.165, 1.54) is 23.1 Å². The van der Waals surface area contributed by atoms with Gasteiger partial charge in [-0.1, -0.05) is 18.7 Å². The van der Waals surface area contributed by atoms with Gasteiger partial charge in [0.1, 0.15) is 27.3 Å². The number of benzene rings is 3. The van der Waals surface area contributed by atoms with E-state index in [9.17, 15) is 24.9 Å². The van der Waals surface area contributed by atoms with Gasteiger partial charge in [-0.3, -0.25) is 9.79 Å². The smallest absolute Gasteiger partial charge is 0.329 e. The Hall–Kier alpha value is -3.89. The number of carboxylic acids is 1. The Morgan fingerprint density at radius 3 is 2.56 bits per heavy atom. The van der Waals surface area contributed by atoms with Gasteiger partial charge < -0.3 is 20.1 Å². The van der Waals surface area contributed by atoms with Gasteiger partial charge in [0.25, 0.3) is 0 Å². The van der Waals surface area contributed by atoms with Gasteiger partial charge in [0.2, 0.25) is 0 Å². The molecule has 0 radical (unpaired) electrons. The van der Waals surface area contributed by atoms with Crippen molar-refractivity contribution < 1.29 is 29.6 Å². The molecule has 1 aliphatic heterocycles. The van der Waals surface area contributed by atoms with E-state index >= 15 is 0 Å². The van der Waals surface area contributed by atoms with Gasteiger partial charge in [-0.2, -0.15) is 0 Å². The minimum absolute atomic E-state index is 0.0203. The number of thiazole rings is 1. The number of aliphatic imine (C=N–C) groups is 1. The molecule has 0 saturated carbocycles. The molecule has 0 bridgehead atoms. The zero-order valence-electron chi connectivity index (χ0n) is 21.7. The highest BCUT2D eigenvalue weighted by Crippen LogP contribution is 2.35. The number of aromatic nitrogens is 1. The third kappa shape index (κ3) is 4.74. The highest BCUT2D eigenvalue weighted by Gasteiger charge is 2.29. The van der Waals surface area contributed by atoms with Crippen LogP contribution in [0.3, 0.4) is 0 Å². The number of fused-ring (bicyclic) bond motifs is 3. The average Bonchev–Trinajstić information content (AvgIpc) is 3.56. The number of carboxylic acid groups (broad SMARTS) is 1. The Morgan fingerprint density at radius 2 is 1.87 bits per heavy atom. The molecule has 1 unspecified atom stereocenters. The topological polar surface area (TPSA) is 129 Å². The molecule has 8 nitrogen and oxygen atoms in total. The van der Waals surface area contributed by atoms with Gasteiger partial charge >= 0.3 is 11.9 Å². The van der Waals surface area contributed by atoms with Gasteiger partial charge in [-0.25, -0.2) is 9.78 Å². The fraction of sp³-hybridized carbons (Fsp3) is 0.241. The highest BCUT2D eigenvalue weighted by atomic mass is 32.2. The van der Waals surface area contributed by atoms with Crippen LogP contribution in [-0.4, -0.2) is 49.1 Å². The van der Waals surface area contributed by atoms with Crippen LogP contribution in [0.5, 0.6) is 17.2 Å². The SMILES string of the molecule is C=c1c(C)c(O)/c(=C/C(C)(C)C(=O)Oc2ccc3c(ccc4nc(C5=NC(C(=O)O)CS5)sc43)c2)c(C)c1O. The van der Waals surface area contributed by atoms with Crippen LogP contribution in [-0.2, 0) is 9.59 Å². The van der Waals surface area contributed by atoms with E-state index in [1.54, 1.807) is 45.9 Å². The Labute approximate surface area is 232 Å². The summed E-state index contributed by atoms with van der Waals surface area (Å²) in [5, 5.41) is 34.1. The second kappa shape index (κ2) is 9.69. The summed E-state index contributed by atoms with van der Waals surface area (Å²) in [6.45, 7) is 10.5. The van der Waals surface area contributed by atoms with Crippen LogP contribution in [0.25, 0.3) is 33.6 Å². The molecule has 0 fully saturated rings. The fourth-order valence-corrected chi connectivity index (χ4v) is 6.55. The number of carbonyl (C=O) groups is 2. The summed E-state index contributed by atoms with van der Waals surface area (Å²) in [5.41, 5.74) is 0.541. The summed E-state index contributed by atoms with van der Waals surface area (Å²) in [5.74, 6) is -0.759. The third-order valence-corrected chi connectivity index (χ3v) is 9.11. The minimum Gasteiger partial charge on any atom is -0.507 e. The van der Waals surface area contributed by atoms with Crippen molar-refractivity contribution in [1.29, 1.82) is 0 Å². The number of nitrogens with zero attached hydrogens (tertiary/aromatic N) is 2. The van der Waals surface area contributed by atoms with E-state index in [0.717, 1.165) is 21.0 Å². The molecule has 0 spiro atoms. The van der Waals surface area contributed by atoms with Crippen molar-refractivity contribution in [2.45, 2.75) is 33.7 Å². The van der Waals surface area contributed by atoms with Crippen LogP contribution in [0.1, 0.15) is 30.0 Å². The molecule has 3 N–H and O–H groups in total. The van der Waals surface area contributed by atoms with Crippen molar-refractivity contribution in [3.8, 4) is 17.2 Å². The summed E-state index contributed by atoms with van der Waals surface area (Å²) in [6.07, 6.45) is 1.59. The Bertz CT molecular complexity index is 1810. The summed E-state index contributed by atoms with van der Waals surface area (Å²) in [6, 6.07) is 8.38. The first-order valence-corrected chi connectivity index (χ1v) is 13.9. The van der Waals surface area contributed by atoms with Crippen LogP contribution in [0.4, 0.5) is 0 Å². The van der Waals surface area contributed by atoms with E-state index in [4.69, 9.17) is 4.74 Å². The Morgan fingerprint density at radius 1 is 1.13 bits per heavy atom. The van der Waals surface area contributed by atoms with Gasteiger partial charge in [0.15, 0.2) is 6.04 Å². The molecular formula is C29H26N2O6S2. The third-order valence-electron chi connectivity index (χ3n) is 6.81.